The van der Waals surface area contributed by atoms with Crippen molar-refractivity contribution in [2.45, 2.75) is 57.7 Å². The van der Waals surface area contributed by atoms with Gasteiger partial charge in [-0.3, -0.25) is 9.69 Å². The Morgan fingerprint density at radius 1 is 1.10 bits per heavy atom. The van der Waals surface area contributed by atoms with Gasteiger partial charge in [0.25, 0.3) is 0 Å². The van der Waals surface area contributed by atoms with Gasteiger partial charge >= 0.3 is 0 Å². The van der Waals surface area contributed by atoms with E-state index in [0.29, 0.717) is 12.5 Å². The minimum Gasteiger partial charge on any atom is -0.378 e. The van der Waals surface area contributed by atoms with Crippen molar-refractivity contribution in [1.82, 2.24) is 9.80 Å². The van der Waals surface area contributed by atoms with Crippen LogP contribution in [0.1, 0.15) is 51.2 Å². The van der Waals surface area contributed by atoms with Crippen molar-refractivity contribution in [3.8, 4) is 0 Å². The van der Waals surface area contributed by atoms with E-state index < -0.39 is 11.6 Å². The highest BCUT2D eigenvalue weighted by Gasteiger charge is 2.40. The summed E-state index contributed by atoms with van der Waals surface area (Å²) in [7, 11) is 1.91. The molecule has 0 bridgehead atoms. The molecule has 162 valence electrons. The van der Waals surface area contributed by atoms with Crippen molar-refractivity contribution < 1.29 is 9.90 Å². The molecule has 2 unspecified atom stereocenters. The average molecular weight is 409 g/mol. The second kappa shape index (κ2) is 9.76. The summed E-state index contributed by atoms with van der Waals surface area (Å²) < 4.78 is 0. The predicted octanol–water partition coefficient (Wildman–Crippen LogP) is 4.28. The van der Waals surface area contributed by atoms with Gasteiger partial charge in [-0.15, -0.1) is 0 Å². The third kappa shape index (κ3) is 4.76. The van der Waals surface area contributed by atoms with Gasteiger partial charge in [0, 0.05) is 26.2 Å². The summed E-state index contributed by atoms with van der Waals surface area (Å²) >= 11 is 0. The topological polar surface area (TPSA) is 43.8 Å². The van der Waals surface area contributed by atoms with Gasteiger partial charge < -0.3 is 10.0 Å². The van der Waals surface area contributed by atoms with Crippen molar-refractivity contribution in [3.05, 3.63) is 71.8 Å². The van der Waals surface area contributed by atoms with Gasteiger partial charge in [0.05, 0.1) is 5.41 Å². The first-order chi connectivity index (χ1) is 14.3. The second-order valence-electron chi connectivity index (χ2n) is 9.19. The molecule has 4 nitrogen and oxygen atoms in total. The molecule has 1 aliphatic rings. The molecule has 2 aromatic rings. The zero-order valence-corrected chi connectivity index (χ0v) is 18.8. The summed E-state index contributed by atoms with van der Waals surface area (Å²) in [5.74, 6) is 0.586. The number of carbonyl (C=O) groups is 1. The zero-order valence-electron chi connectivity index (χ0n) is 18.8. The highest BCUT2D eigenvalue weighted by Crippen LogP contribution is 2.34. The first kappa shape index (κ1) is 22.5. The molecular weight excluding hydrogens is 372 g/mol. The normalized spacial score (nSPS) is 18.5. The lowest BCUT2D eigenvalue weighted by atomic mass is 9.75. The van der Waals surface area contributed by atoms with Gasteiger partial charge in [-0.05, 0) is 43.2 Å². The van der Waals surface area contributed by atoms with Crippen molar-refractivity contribution in [3.63, 3.8) is 0 Å². The molecule has 1 fully saturated rings. The standard InChI is InChI=1S/C26H36N2O2/c1-20(2)18-23(28-17-11-16-24(28)29)19-27(4)25(30)26(3,21-12-7-5-8-13-21)22-14-9-6-10-15-22/h5-10,12-15,20,23-24,29H,11,16-19H2,1-4H3. The van der Waals surface area contributed by atoms with E-state index in [1.54, 1.807) is 0 Å². The predicted molar refractivity (Wildman–Crippen MR) is 122 cm³/mol. The lowest BCUT2D eigenvalue weighted by molar-refractivity contribution is -0.135. The third-order valence-corrected chi connectivity index (χ3v) is 6.44. The fourth-order valence-electron chi connectivity index (χ4n) is 4.79. The molecule has 0 aliphatic carbocycles. The van der Waals surface area contributed by atoms with E-state index >= 15 is 0 Å². The fraction of sp³-hybridized carbons (Fsp3) is 0.500. The largest absolute Gasteiger partial charge is 0.378 e. The van der Waals surface area contributed by atoms with Crippen LogP contribution in [0.5, 0.6) is 0 Å². The summed E-state index contributed by atoms with van der Waals surface area (Å²) in [4.78, 5) is 18.0. The van der Waals surface area contributed by atoms with Crippen LogP contribution in [0, 0.1) is 5.92 Å². The minimum absolute atomic E-state index is 0.0855. The quantitative estimate of drug-likeness (QED) is 0.709. The molecule has 0 spiro atoms. The fourth-order valence-corrected chi connectivity index (χ4v) is 4.79. The summed E-state index contributed by atoms with van der Waals surface area (Å²) in [6, 6.07) is 20.2. The van der Waals surface area contributed by atoms with E-state index in [-0.39, 0.29) is 11.9 Å². The summed E-state index contributed by atoms with van der Waals surface area (Å²) in [6.45, 7) is 7.95. The molecule has 0 saturated carbocycles. The highest BCUT2D eigenvalue weighted by molar-refractivity contribution is 5.91. The van der Waals surface area contributed by atoms with E-state index in [1.807, 2.05) is 79.5 Å². The van der Waals surface area contributed by atoms with Crippen LogP contribution in [0.3, 0.4) is 0 Å². The average Bonchev–Trinajstić information content (AvgIpc) is 3.19. The summed E-state index contributed by atoms with van der Waals surface area (Å²) in [6.07, 6.45) is 2.39. The van der Waals surface area contributed by atoms with Crippen LogP contribution in [-0.4, -0.2) is 53.2 Å². The number of aliphatic hydroxyl groups excluding tert-OH is 1. The maximum Gasteiger partial charge on any atom is 0.237 e. The van der Waals surface area contributed by atoms with Crippen molar-refractivity contribution in [2.24, 2.45) is 5.92 Å². The molecule has 1 amide bonds. The van der Waals surface area contributed by atoms with Crippen LogP contribution in [0.4, 0.5) is 0 Å². The van der Waals surface area contributed by atoms with Gasteiger partial charge in [0.2, 0.25) is 5.91 Å². The Labute approximate surface area is 181 Å². The number of benzene rings is 2. The number of likely N-dealkylation sites (tertiary alicyclic amines) is 1. The zero-order chi connectivity index (χ0) is 21.7. The number of rotatable bonds is 8. The van der Waals surface area contributed by atoms with Gasteiger partial charge in [-0.1, -0.05) is 74.5 Å². The number of amides is 1. The first-order valence-electron chi connectivity index (χ1n) is 11.1. The van der Waals surface area contributed by atoms with E-state index in [2.05, 4.69) is 18.7 Å². The van der Waals surface area contributed by atoms with Crippen molar-refractivity contribution >= 4 is 5.91 Å². The number of hydrogen-bond donors (Lipinski definition) is 1. The van der Waals surface area contributed by atoms with Gasteiger partial charge in [0.15, 0.2) is 0 Å². The molecule has 0 aromatic heterocycles. The number of nitrogens with zero attached hydrogens (tertiary/aromatic N) is 2. The Hall–Kier alpha value is -2.17. The summed E-state index contributed by atoms with van der Waals surface area (Å²) in [5.41, 5.74) is 1.23. The van der Waals surface area contributed by atoms with E-state index in [9.17, 15) is 9.90 Å². The smallest absolute Gasteiger partial charge is 0.237 e. The Morgan fingerprint density at radius 3 is 2.07 bits per heavy atom. The van der Waals surface area contributed by atoms with Crippen LogP contribution >= 0.6 is 0 Å². The van der Waals surface area contributed by atoms with Crippen LogP contribution in [0.2, 0.25) is 0 Å². The third-order valence-electron chi connectivity index (χ3n) is 6.44. The second-order valence-corrected chi connectivity index (χ2v) is 9.19. The lowest BCUT2D eigenvalue weighted by Crippen LogP contribution is -2.51. The van der Waals surface area contributed by atoms with Gasteiger partial charge in [-0.25, -0.2) is 0 Å². The maximum absolute atomic E-state index is 13.9. The lowest BCUT2D eigenvalue weighted by Gasteiger charge is -2.38. The van der Waals surface area contributed by atoms with Crippen LogP contribution in [-0.2, 0) is 10.2 Å². The SMILES string of the molecule is CC(C)CC(CN(C)C(=O)C(C)(c1ccccc1)c1ccccc1)N1CCCC1O. The monoisotopic (exact) mass is 408 g/mol. The number of likely N-dealkylation sites (N-methyl/N-ethyl adjacent to an activating group) is 1. The van der Waals surface area contributed by atoms with Gasteiger partial charge in [0.1, 0.15) is 6.23 Å². The Kier molecular flexibility index (Phi) is 7.32. The van der Waals surface area contributed by atoms with Crippen LogP contribution < -0.4 is 0 Å². The van der Waals surface area contributed by atoms with Crippen molar-refractivity contribution in [2.75, 3.05) is 20.1 Å². The van der Waals surface area contributed by atoms with E-state index in [1.165, 1.54) is 0 Å². The van der Waals surface area contributed by atoms with Crippen LogP contribution in [0.15, 0.2) is 60.7 Å². The molecule has 2 atom stereocenters. The van der Waals surface area contributed by atoms with Crippen molar-refractivity contribution in [1.29, 1.82) is 0 Å². The van der Waals surface area contributed by atoms with E-state index in [4.69, 9.17) is 0 Å². The molecule has 0 radical (unpaired) electrons. The highest BCUT2D eigenvalue weighted by atomic mass is 16.3. The Balaban J connectivity index is 1.90. The molecule has 1 aliphatic heterocycles. The number of carbonyl (C=O) groups excluding carboxylic acids is 1. The molecule has 30 heavy (non-hydrogen) atoms. The van der Waals surface area contributed by atoms with E-state index in [0.717, 1.165) is 36.9 Å². The maximum atomic E-state index is 13.9. The molecule has 4 heteroatoms. The molecule has 3 rings (SSSR count). The molecule has 1 N–H and O–H groups in total. The molecule has 1 heterocycles. The first-order valence-corrected chi connectivity index (χ1v) is 11.1. The Morgan fingerprint density at radius 2 is 1.63 bits per heavy atom. The Bertz CT molecular complexity index is 767. The molecular formula is C26H36N2O2. The number of hydrogen-bond acceptors (Lipinski definition) is 3. The molecule has 2 aromatic carbocycles. The summed E-state index contributed by atoms with van der Waals surface area (Å²) in [5, 5.41) is 10.5. The minimum atomic E-state index is -0.761. The van der Waals surface area contributed by atoms with Gasteiger partial charge in [-0.2, -0.15) is 0 Å². The number of aliphatic hydroxyl groups is 1. The van der Waals surface area contributed by atoms with Crippen LogP contribution in [0.25, 0.3) is 0 Å². The molecule has 1 saturated heterocycles.